The molecule has 3 aliphatic heterocycles. The van der Waals surface area contributed by atoms with E-state index >= 15 is 0 Å². The molecular formula is C20H20ClFN6O. The van der Waals surface area contributed by atoms with Gasteiger partial charge in [0, 0.05) is 24.0 Å². The summed E-state index contributed by atoms with van der Waals surface area (Å²) in [5.74, 6) is 0.199. The number of benzene rings is 1. The van der Waals surface area contributed by atoms with Crippen LogP contribution in [0.2, 0.25) is 5.02 Å². The molecule has 1 aromatic heterocycles. The minimum Gasteiger partial charge on any atom is -0.458 e. The van der Waals surface area contributed by atoms with E-state index in [0.29, 0.717) is 22.6 Å². The third-order valence-corrected chi connectivity index (χ3v) is 5.53. The zero-order valence-corrected chi connectivity index (χ0v) is 16.3. The van der Waals surface area contributed by atoms with Gasteiger partial charge in [0.25, 0.3) is 6.35 Å². The molecule has 1 aromatic carbocycles. The summed E-state index contributed by atoms with van der Waals surface area (Å²) in [7, 11) is 0. The number of hydrogen-bond donors (Lipinski definition) is 3. The lowest BCUT2D eigenvalue weighted by atomic mass is 10.1. The van der Waals surface area contributed by atoms with Crippen LogP contribution in [0.4, 0.5) is 10.3 Å². The number of nitrogens with one attached hydrogen (secondary N) is 3. The van der Waals surface area contributed by atoms with Gasteiger partial charge in [-0.3, -0.25) is 4.90 Å². The standard InChI is InChI=1S/C20H20ClFN6O/c21-15-11-12(22)1-2-14(15)17-18(28-9-10-29-20(28)27-17)16-5-8-24-19(26-16)25-13-3-6-23-7-4-13/h1-2,5,8-11,13,20,23,27H,3-4,6-7H2,(H,24,25,26). The van der Waals surface area contributed by atoms with E-state index in [1.54, 1.807) is 18.5 Å². The number of fused-ring (bicyclic) bond motifs is 1. The average Bonchev–Trinajstić information content (AvgIpc) is 3.30. The number of aromatic nitrogens is 2. The van der Waals surface area contributed by atoms with Crippen LogP contribution >= 0.6 is 11.6 Å². The van der Waals surface area contributed by atoms with Crippen molar-refractivity contribution in [3.8, 4) is 0 Å². The summed E-state index contributed by atoms with van der Waals surface area (Å²) in [6.07, 6.45) is 6.85. The Morgan fingerprint density at radius 1 is 1.24 bits per heavy atom. The van der Waals surface area contributed by atoms with E-state index < -0.39 is 6.35 Å². The lowest BCUT2D eigenvalue weighted by Gasteiger charge is -2.24. The van der Waals surface area contributed by atoms with E-state index in [9.17, 15) is 4.39 Å². The lowest BCUT2D eigenvalue weighted by Crippen LogP contribution is -2.35. The predicted octanol–water partition coefficient (Wildman–Crippen LogP) is 2.95. The van der Waals surface area contributed by atoms with Gasteiger partial charge in [-0.1, -0.05) is 11.6 Å². The van der Waals surface area contributed by atoms with Crippen LogP contribution in [-0.4, -0.2) is 40.4 Å². The maximum absolute atomic E-state index is 13.6. The summed E-state index contributed by atoms with van der Waals surface area (Å²) in [4.78, 5) is 11.1. The van der Waals surface area contributed by atoms with E-state index in [1.807, 2.05) is 17.2 Å². The monoisotopic (exact) mass is 414 g/mol. The molecule has 0 radical (unpaired) electrons. The molecule has 0 saturated carbocycles. The maximum atomic E-state index is 13.6. The largest absolute Gasteiger partial charge is 0.458 e. The molecule has 9 heteroatoms. The Hall–Kier alpha value is -2.84. The molecule has 1 atom stereocenters. The minimum absolute atomic E-state index is 0.317. The van der Waals surface area contributed by atoms with Crippen molar-refractivity contribution in [3.05, 3.63) is 65.0 Å². The first kappa shape index (κ1) is 18.2. The highest BCUT2D eigenvalue weighted by molar-refractivity contribution is 6.32. The number of anilines is 1. The van der Waals surface area contributed by atoms with E-state index in [-0.39, 0.29) is 5.82 Å². The first-order chi connectivity index (χ1) is 14.2. The molecule has 0 amide bonds. The van der Waals surface area contributed by atoms with Crippen LogP contribution in [0.25, 0.3) is 11.4 Å². The van der Waals surface area contributed by atoms with Gasteiger partial charge in [-0.2, -0.15) is 0 Å². The van der Waals surface area contributed by atoms with Gasteiger partial charge in [-0.15, -0.1) is 0 Å². The summed E-state index contributed by atoms with van der Waals surface area (Å²) in [6, 6.07) is 6.53. The van der Waals surface area contributed by atoms with E-state index in [4.69, 9.17) is 21.3 Å². The number of hydrogen-bond acceptors (Lipinski definition) is 7. The number of ether oxygens (including phenoxy) is 1. The predicted molar refractivity (Wildman–Crippen MR) is 109 cm³/mol. The highest BCUT2D eigenvalue weighted by Gasteiger charge is 2.36. The Kier molecular flexibility index (Phi) is 4.73. The Balaban J connectivity index is 1.54. The normalized spacial score (nSPS) is 21.2. The second-order valence-corrected chi connectivity index (χ2v) is 7.51. The zero-order chi connectivity index (χ0) is 19.8. The zero-order valence-electron chi connectivity index (χ0n) is 15.5. The SMILES string of the molecule is Fc1ccc(C2=C(c3ccnc(NC4CCNCC4)n3)N3C=COC3N2)c(Cl)c1. The molecule has 2 aromatic rings. The van der Waals surface area contributed by atoms with Crippen LogP contribution in [0.15, 0.2) is 42.9 Å². The second-order valence-electron chi connectivity index (χ2n) is 7.11. The highest BCUT2D eigenvalue weighted by Crippen LogP contribution is 2.39. The summed E-state index contributed by atoms with van der Waals surface area (Å²) in [5.41, 5.74) is 2.93. The van der Waals surface area contributed by atoms with Gasteiger partial charge in [0.2, 0.25) is 5.95 Å². The molecular weight excluding hydrogens is 395 g/mol. The number of piperidine rings is 1. The Bertz CT molecular complexity index is 991. The summed E-state index contributed by atoms with van der Waals surface area (Å²) in [6.45, 7) is 1.97. The smallest absolute Gasteiger partial charge is 0.254 e. The first-order valence-corrected chi connectivity index (χ1v) is 9.94. The molecule has 0 spiro atoms. The number of rotatable bonds is 4. The van der Waals surface area contributed by atoms with Gasteiger partial charge in [0.1, 0.15) is 12.1 Å². The van der Waals surface area contributed by atoms with Crippen molar-refractivity contribution in [3.63, 3.8) is 0 Å². The fourth-order valence-corrected chi connectivity index (χ4v) is 4.06. The van der Waals surface area contributed by atoms with Gasteiger partial charge >= 0.3 is 0 Å². The van der Waals surface area contributed by atoms with Crippen molar-refractivity contribution in [2.24, 2.45) is 0 Å². The van der Waals surface area contributed by atoms with Crippen LogP contribution in [0.5, 0.6) is 0 Å². The minimum atomic E-state index is -0.392. The maximum Gasteiger partial charge on any atom is 0.254 e. The van der Waals surface area contributed by atoms with Gasteiger partial charge in [-0.05, 0) is 50.2 Å². The van der Waals surface area contributed by atoms with Gasteiger partial charge in [0.05, 0.1) is 22.1 Å². The molecule has 1 unspecified atom stereocenters. The van der Waals surface area contributed by atoms with Gasteiger partial charge in [0.15, 0.2) is 0 Å². The fraction of sp³-hybridized carbons (Fsp3) is 0.300. The first-order valence-electron chi connectivity index (χ1n) is 9.56. The van der Waals surface area contributed by atoms with E-state index in [2.05, 4.69) is 20.9 Å². The molecule has 7 nitrogen and oxygen atoms in total. The Labute approximate surface area is 172 Å². The number of halogens is 2. The highest BCUT2D eigenvalue weighted by atomic mass is 35.5. The summed E-state index contributed by atoms with van der Waals surface area (Å²) < 4.78 is 19.2. The molecule has 1 fully saturated rings. The third kappa shape index (κ3) is 3.49. The molecule has 29 heavy (non-hydrogen) atoms. The summed E-state index contributed by atoms with van der Waals surface area (Å²) in [5, 5.41) is 10.4. The molecule has 5 rings (SSSR count). The summed E-state index contributed by atoms with van der Waals surface area (Å²) >= 11 is 6.34. The fourth-order valence-electron chi connectivity index (χ4n) is 3.80. The molecule has 3 aliphatic rings. The van der Waals surface area contributed by atoms with Crippen LogP contribution < -0.4 is 16.0 Å². The number of nitrogens with zero attached hydrogens (tertiary/aromatic N) is 3. The second kappa shape index (κ2) is 7.53. The van der Waals surface area contributed by atoms with Crippen molar-refractivity contribution in [1.82, 2.24) is 25.5 Å². The topological polar surface area (TPSA) is 74.3 Å². The van der Waals surface area contributed by atoms with Gasteiger partial charge in [-0.25, -0.2) is 14.4 Å². The molecule has 0 aliphatic carbocycles. The van der Waals surface area contributed by atoms with Crippen molar-refractivity contribution in [1.29, 1.82) is 0 Å². The average molecular weight is 415 g/mol. The van der Waals surface area contributed by atoms with Crippen LogP contribution in [0.3, 0.4) is 0 Å². The molecule has 150 valence electrons. The Morgan fingerprint density at radius 3 is 2.93 bits per heavy atom. The van der Waals surface area contributed by atoms with Gasteiger partial charge < -0.3 is 20.7 Å². The van der Waals surface area contributed by atoms with Crippen molar-refractivity contribution in [2.75, 3.05) is 18.4 Å². The van der Waals surface area contributed by atoms with E-state index in [0.717, 1.165) is 43.0 Å². The van der Waals surface area contributed by atoms with E-state index in [1.165, 1.54) is 12.1 Å². The molecule has 4 heterocycles. The Morgan fingerprint density at radius 2 is 2.10 bits per heavy atom. The third-order valence-electron chi connectivity index (χ3n) is 5.22. The lowest BCUT2D eigenvalue weighted by molar-refractivity contribution is 0.0848. The molecule has 0 bridgehead atoms. The molecule has 1 saturated heterocycles. The molecule has 3 N–H and O–H groups in total. The van der Waals surface area contributed by atoms with Crippen molar-refractivity contribution >= 4 is 28.9 Å². The quantitative estimate of drug-likeness (QED) is 0.710. The van der Waals surface area contributed by atoms with Crippen LogP contribution in [0, 0.1) is 5.82 Å². The van der Waals surface area contributed by atoms with Crippen LogP contribution in [0.1, 0.15) is 24.1 Å². The van der Waals surface area contributed by atoms with Crippen LogP contribution in [-0.2, 0) is 4.74 Å². The van der Waals surface area contributed by atoms with Crippen molar-refractivity contribution < 1.29 is 9.13 Å². The van der Waals surface area contributed by atoms with Crippen molar-refractivity contribution in [2.45, 2.75) is 25.2 Å².